The number of hydrogen-bond donors (Lipinski definition) is 1. The predicted octanol–water partition coefficient (Wildman–Crippen LogP) is 3.03. The van der Waals surface area contributed by atoms with Crippen molar-refractivity contribution in [1.29, 1.82) is 0 Å². The third kappa shape index (κ3) is 1.42. The van der Waals surface area contributed by atoms with Crippen molar-refractivity contribution >= 4 is 44.5 Å². The first-order chi connectivity index (χ1) is 6.61. The summed E-state index contributed by atoms with van der Waals surface area (Å²) in [4.78, 5) is 3.05. The average Bonchev–Trinajstić information content (AvgIpc) is 2.14. The Kier molecular flexibility index (Phi) is 2.49. The van der Waals surface area contributed by atoms with Crippen molar-refractivity contribution in [1.82, 2.24) is 0 Å². The van der Waals surface area contributed by atoms with Crippen molar-refractivity contribution in [2.75, 3.05) is 17.3 Å². The van der Waals surface area contributed by atoms with Gasteiger partial charge in [-0.3, -0.25) is 0 Å². The molecule has 74 valence electrons. The maximum absolute atomic E-state index is 5.26. The van der Waals surface area contributed by atoms with Crippen molar-refractivity contribution in [3.05, 3.63) is 22.7 Å². The third-order valence-electron chi connectivity index (χ3n) is 2.56. The number of benzene rings is 1. The molecule has 0 aliphatic carbocycles. The molecule has 1 aliphatic rings. The number of para-hydroxylation sites is 1. The Labute approximate surface area is 97.4 Å². The summed E-state index contributed by atoms with van der Waals surface area (Å²) in [5.41, 5.74) is 2.25. The molecule has 1 unspecified atom stereocenters. The highest BCUT2D eigenvalue weighted by Crippen LogP contribution is 2.37. The first-order valence-electron chi connectivity index (χ1n) is 4.43. The number of rotatable bonds is 0. The van der Waals surface area contributed by atoms with Crippen LogP contribution < -0.4 is 10.2 Å². The fraction of sp³-hybridized carbons (Fsp3) is 0.300. The first-order valence-corrected chi connectivity index (χ1v) is 5.63. The summed E-state index contributed by atoms with van der Waals surface area (Å²) in [6, 6.07) is 6.33. The van der Waals surface area contributed by atoms with Crippen LogP contribution in [-0.4, -0.2) is 18.1 Å². The molecule has 1 aromatic carbocycles. The van der Waals surface area contributed by atoms with E-state index in [1.54, 1.807) is 0 Å². The largest absolute Gasteiger partial charge is 0.363 e. The number of nitrogens with one attached hydrogen (secondary N) is 1. The van der Waals surface area contributed by atoms with Crippen molar-refractivity contribution < 1.29 is 0 Å². The normalized spacial score (nSPS) is 20.4. The molecule has 1 aliphatic heterocycles. The highest BCUT2D eigenvalue weighted by atomic mass is 79.9. The molecule has 0 radical (unpaired) electrons. The van der Waals surface area contributed by atoms with Crippen LogP contribution in [0, 0.1) is 0 Å². The summed E-state index contributed by atoms with van der Waals surface area (Å²) in [5.74, 6) is 0. The Morgan fingerprint density at radius 2 is 2.21 bits per heavy atom. The van der Waals surface area contributed by atoms with E-state index in [-0.39, 0.29) is 6.04 Å². The summed E-state index contributed by atoms with van der Waals surface area (Å²) >= 11 is 8.80. The van der Waals surface area contributed by atoms with Gasteiger partial charge in [-0.15, -0.1) is 0 Å². The molecule has 2 nitrogen and oxygen atoms in total. The molecule has 0 fully saturated rings. The van der Waals surface area contributed by atoms with Gasteiger partial charge < -0.3 is 10.2 Å². The molecule has 0 amide bonds. The van der Waals surface area contributed by atoms with Crippen LogP contribution >= 0.6 is 28.1 Å². The number of halogens is 1. The van der Waals surface area contributed by atoms with E-state index in [1.807, 2.05) is 18.2 Å². The maximum Gasteiger partial charge on any atom is 0.102 e. The van der Waals surface area contributed by atoms with Crippen molar-refractivity contribution in [2.45, 2.75) is 13.0 Å². The molecule has 0 saturated heterocycles. The first kappa shape index (κ1) is 9.93. The van der Waals surface area contributed by atoms with Gasteiger partial charge in [0.15, 0.2) is 0 Å². The van der Waals surface area contributed by atoms with Gasteiger partial charge in [0.2, 0.25) is 0 Å². The molecule has 1 atom stereocenters. The van der Waals surface area contributed by atoms with Crippen LogP contribution in [0.5, 0.6) is 0 Å². The minimum Gasteiger partial charge on any atom is -0.363 e. The lowest BCUT2D eigenvalue weighted by Gasteiger charge is -2.35. The minimum absolute atomic E-state index is 0.246. The van der Waals surface area contributed by atoms with Crippen molar-refractivity contribution in [3.63, 3.8) is 0 Å². The van der Waals surface area contributed by atoms with Crippen LogP contribution in [0.1, 0.15) is 6.92 Å². The van der Waals surface area contributed by atoms with Gasteiger partial charge in [0, 0.05) is 11.5 Å². The fourth-order valence-corrected chi connectivity index (χ4v) is 2.50. The molecule has 0 spiro atoms. The van der Waals surface area contributed by atoms with Gasteiger partial charge in [0.1, 0.15) is 4.99 Å². The summed E-state index contributed by atoms with van der Waals surface area (Å²) in [6.07, 6.45) is 0. The SMILES string of the molecule is CC1C(=S)Nc2cccc(Br)c2N1C. The molecule has 4 heteroatoms. The zero-order valence-corrected chi connectivity index (χ0v) is 10.4. The molecule has 1 heterocycles. The average molecular weight is 271 g/mol. The van der Waals surface area contributed by atoms with Gasteiger partial charge in [-0.2, -0.15) is 0 Å². The summed E-state index contributed by atoms with van der Waals surface area (Å²) < 4.78 is 1.10. The van der Waals surface area contributed by atoms with Crippen LogP contribution in [0.3, 0.4) is 0 Å². The number of anilines is 2. The number of likely N-dealkylation sites (N-methyl/N-ethyl adjacent to an activating group) is 1. The lowest BCUT2D eigenvalue weighted by Crippen LogP contribution is -2.43. The fourth-order valence-electron chi connectivity index (χ4n) is 1.58. The molecule has 2 rings (SSSR count). The van der Waals surface area contributed by atoms with E-state index in [1.165, 1.54) is 5.69 Å². The second-order valence-corrected chi connectivity index (χ2v) is 4.71. The predicted molar refractivity (Wildman–Crippen MR) is 68.2 cm³/mol. The van der Waals surface area contributed by atoms with Gasteiger partial charge >= 0.3 is 0 Å². The zero-order valence-electron chi connectivity index (χ0n) is 8.04. The number of fused-ring (bicyclic) bond motifs is 1. The van der Waals surface area contributed by atoms with E-state index in [9.17, 15) is 0 Å². The lowest BCUT2D eigenvalue weighted by molar-refractivity contribution is 0.855. The van der Waals surface area contributed by atoms with Crippen LogP contribution in [0.25, 0.3) is 0 Å². The molecule has 14 heavy (non-hydrogen) atoms. The monoisotopic (exact) mass is 270 g/mol. The van der Waals surface area contributed by atoms with Crippen LogP contribution in [0.2, 0.25) is 0 Å². The maximum atomic E-state index is 5.26. The van der Waals surface area contributed by atoms with Crippen LogP contribution in [0.4, 0.5) is 11.4 Å². The molecule has 1 N–H and O–H groups in total. The van der Waals surface area contributed by atoms with E-state index in [4.69, 9.17) is 12.2 Å². The Morgan fingerprint density at radius 3 is 2.93 bits per heavy atom. The van der Waals surface area contributed by atoms with Crippen LogP contribution in [0.15, 0.2) is 22.7 Å². The van der Waals surface area contributed by atoms with Crippen LogP contribution in [-0.2, 0) is 0 Å². The van der Waals surface area contributed by atoms with Gasteiger partial charge in [0.05, 0.1) is 17.4 Å². The van der Waals surface area contributed by atoms with E-state index in [0.29, 0.717) is 0 Å². The Bertz CT molecular complexity index is 392. The summed E-state index contributed by atoms with van der Waals surface area (Å²) in [7, 11) is 2.06. The van der Waals surface area contributed by atoms with E-state index < -0.39 is 0 Å². The molecule has 0 aromatic heterocycles. The Morgan fingerprint density at radius 1 is 1.50 bits per heavy atom. The second-order valence-electron chi connectivity index (χ2n) is 3.41. The lowest BCUT2D eigenvalue weighted by atomic mass is 10.1. The highest BCUT2D eigenvalue weighted by molar-refractivity contribution is 9.10. The molecular weight excluding hydrogens is 260 g/mol. The van der Waals surface area contributed by atoms with Gasteiger partial charge in [-0.1, -0.05) is 18.3 Å². The van der Waals surface area contributed by atoms with Crippen molar-refractivity contribution in [3.8, 4) is 0 Å². The molecule has 0 saturated carbocycles. The molecule has 0 bridgehead atoms. The van der Waals surface area contributed by atoms with Crippen molar-refractivity contribution in [2.24, 2.45) is 0 Å². The van der Waals surface area contributed by atoms with Gasteiger partial charge in [-0.05, 0) is 35.0 Å². The molecular formula is C10H11BrN2S. The highest BCUT2D eigenvalue weighted by Gasteiger charge is 2.25. The molecule has 1 aromatic rings. The topological polar surface area (TPSA) is 15.3 Å². The van der Waals surface area contributed by atoms with Gasteiger partial charge in [-0.25, -0.2) is 0 Å². The second kappa shape index (κ2) is 3.51. The quantitative estimate of drug-likeness (QED) is 0.730. The smallest absolute Gasteiger partial charge is 0.102 e. The Hall–Kier alpha value is -0.610. The van der Waals surface area contributed by atoms with Gasteiger partial charge in [0.25, 0.3) is 0 Å². The minimum atomic E-state index is 0.246. The standard InChI is InChI=1S/C10H11BrN2S/c1-6-10(14)12-8-5-3-4-7(11)9(8)13(6)2/h3-6H,1-2H3,(H,12,14). The van der Waals surface area contributed by atoms with E-state index in [2.05, 4.69) is 40.1 Å². The van der Waals surface area contributed by atoms with E-state index >= 15 is 0 Å². The number of hydrogen-bond acceptors (Lipinski definition) is 2. The third-order valence-corrected chi connectivity index (χ3v) is 3.64. The number of thiocarbonyl (C=S) groups is 1. The summed E-state index contributed by atoms with van der Waals surface area (Å²) in [6.45, 7) is 2.09. The number of nitrogens with zero attached hydrogens (tertiary/aromatic N) is 1. The summed E-state index contributed by atoms with van der Waals surface area (Å²) in [5, 5.41) is 3.24. The Balaban J connectivity index is 2.56. The zero-order chi connectivity index (χ0) is 10.3. The van der Waals surface area contributed by atoms with E-state index in [0.717, 1.165) is 15.1 Å².